The standard InChI is InChI=1S/C24H31F3N6O5/c1-16-13-28-8-10-33(16)20-22(31-19(14-30-20)38-23(34)24(25,26)27)36-12-11-35-18-6-3-7-29-21(18)37-15-17-5-4-9-32(17)2/h3,6-7,14,16-17,28H,4-5,8-13,15H2,1-2H3/t16-,17+/m1/s1. The minimum absolute atomic E-state index is 0.0154. The van der Waals surface area contributed by atoms with Crippen molar-refractivity contribution in [2.75, 3.05) is 57.9 Å². The molecule has 2 aromatic heterocycles. The Hall–Kier alpha value is -3.39. The molecule has 2 atom stereocenters. The molecule has 0 aromatic carbocycles. The van der Waals surface area contributed by atoms with Gasteiger partial charge in [0.25, 0.3) is 11.8 Å². The molecule has 38 heavy (non-hydrogen) atoms. The average molecular weight is 541 g/mol. The van der Waals surface area contributed by atoms with Gasteiger partial charge in [0.1, 0.15) is 19.8 Å². The number of likely N-dealkylation sites (tertiary alicyclic amines) is 1. The Morgan fingerprint density at radius 1 is 1.16 bits per heavy atom. The van der Waals surface area contributed by atoms with Crippen molar-refractivity contribution in [2.24, 2.45) is 0 Å². The number of ether oxygens (including phenoxy) is 4. The maximum atomic E-state index is 12.7. The number of anilines is 1. The number of rotatable bonds is 10. The molecular weight excluding hydrogens is 509 g/mol. The lowest BCUT2D eigenvalue weighted by Crippen LogP contribution is -2.50. The number of carbonyl (C=O) groups is 1. The second-order valence-corrected chi connectivity index (χ2v) is 9.06. The molecule has 2 aromatic rings. The van der Waals surface area contributed by atoms with Gasteiger partial charge in [-0.25, -0.2) is 14.8 Å². The number of aromatic nitrogens is 3. The molecule has 2 aliphatic rings. The van der Waals surface area contributed by atoms with Gasteiger partial charge in [-0.1, -0.05) is 0 Å². The molecule has 0 spiro atoms. The number of nitrogens with zero attached hydrogens (tertiary/aromatic N) is 5. The molecule has 208 valence electrons. The normalized spacial score (nSPS) is 20.3. The zero-order valence-electron chi connectivity index (χ0n) is 21.2. The first-order valence-corrected chi connectivity index (χ1v) is 12.4. The Bertz CT molecular complexity index is 1090. The van der Waals surface area contributed by atoms with Crippen LogP contribution in [0.1, 0.15) is 19.8 Å². The lowest BCUT2D eigenvalue weighted by atomic mass is 10.2. The molecular formula is C24H31F3N6O5. The summed E-state index contributed by atoms with van der Waals surface area (Å²) in [5, 5.41) is 3.25. The van der Waals surface area contributed by atoms with Crippen LogP contribution in [0.25, 0.3) is 0 Å². The van der Waals surface area contributed by atoms with Crippen molar-refractivity contribution in [3.8, 4) is 23.4 Å². The first-order valence-electron chi connectivity index (χ1n) is 12.4. The quantitative estimate of drug-likeness (QED) is 0.353. The van der Waals surface area contributed by atoms with Gasteiger partial charge >= 0.3 is 12.1 Å². The number of piperazine rings is 1. The Morgan fingerprint density at radius 3 is 2.71 bits per heavy atom. The minimum atomic E-state index is -5.17. The molecule has 4 rings (SSSR count). The zero-order chi connectivity index (χ0) is 27.1. The van der Waals surface area contributed by atoms with E-state index in [-0.39, 0.29) is 25.1 Å². The average Bonchev–Trinajstić information content (AvgIpc) is 3.30. The van der Waals surface area contributed by atoms with Gasteiger partial charge in [-0.2, -0.15) is 18.2 Å². The summed E-state index contributed by atoms with van der Waals surface area (Å²) in [4.78, 5) is 27.9. The van der Waals surface area contributed by atoms with E-state index in [4.69, 9.17) is 14.2 Å². The number of alkyl halides is 3. The van der Waals surface area contributed by atoms with Gasteiger partial charge in [0.15, 0.2) is 11.6 Å². The lowest BCUT2D eigenvalue weighted by Gasteiger charge is -2.35. The van der Waals surface area contributed by atoms with Crippen LogP contribution < -0.4 is 29.2 Å². The Morgan fingerprint density at radius 2 is 1.97 bits per heavy atom. The molecule has 0 bridgehead atoms. The summed E-state index contributed by atoms with van der Waals surface area (Å²) in [7, 11) is 2.06. The fourth-order valence-electron chi connectivity index (χ4n) is 4.25. The van der Waals surface area contributed by atoms with E-state index < -0.39 is 18.0 Å². The van der Waals surface area contributed by atoms with Crippen molar-refractivity contribution >= 4 is 11.8 Å². The van der Waals surface area contributed by atoms with Crippen molar-refractivity contribution in [1.82, 2.24) is 25.2 Å². The third kappa shape index (κ3) is 7.13. The van der Waals surface area contributed by atoms with E-state index in [9.17, 15) is 18.0 Å². The molecule has 0 saturated carbocycles. The number of nitrogens with one attached hydrogen (secondary N) is 1. The van der Waals surface area contributed by atoms with Gasteiger partial charge in [-0.3, -0.25) is 0 Å². The third-order valence-electron chi connectivity index (χ3n) is 6.30. The van der Waals surface area contributed by atoms with E-state index in [0.29, 0.717) is 49.7 Å². The monoisotopic (exact) mass is 540 g/mol. The second-order valence-electron chi connectivity index (χ2n) is 9.06. The fraction of sp³-hybridized carbons (Fsp3) is 0.583. The van der Waals surface area contributed by atoms with Crippen LogP contribution in [0.15, 0.2) is 24.5 Å². The topological polar surface area (TPSA) is 111 Å². The number of halogens is 3. The molecule has 2 fully saturated rings. The van der Waals surface area contributed by atoms with Crippen LogP contribution in [0.4, 0.5) is 19.0 Å². The summed E-state index contributed by atoms with van der Waals surface area (Å²) in [6.07, 6.45) is -0.403. The van der Waals surface area contributed by atoms with Crippen LogP contribution >= 0.6 is 0 Å². The van der Waals surface area contributed by atoms with Gasteiger partial charge < -0.3 is 34.1 Å². The number of likely N-dealkylation sites (N-methyl/N-ethyl adjacent to an activating group) is 1. The maximum absolute atomic E-state index is 12.7. The highest BCUT2D eigenvalue weighted by atomic mass is 19.4. The fourth-order valence-corrected chi connectivity index (χ4v) is 4.25. The Balaban J connectivity index is 1.40. The summed E-state index contributed by atoms with van der Waals surface area (Å²) in [5.41, 5.74) is 0. The van der Waals surface area contributed by atoms with Crippen LogP contribution in [0, 0.1) is 0 Å². The van der Waals surface area contributed by atoms with E-state index in [1.54, 1.807) is 18.3 Å². The summed E-state index contributed by atoms with van der Waals surface area (Å²) in [6, 6.07) is 3.79. The molecule has 4 heterocycles. The van der Waals surface area contributed by atoms with Crippen molar-refractivity contribution in [3.63, 3.8) is 0 Å². The zero-order valence-corrected chi connectivity index (χ0v) is 21.2. The molecule has 0 unspecified atom stereocenters. The number of esters is 1. The van der Waals surface area contributed by atoms with E-state index in [2.05, 4.69) is 37.0 Å². The first-order chi connectivity index (χ1) is 18.2. The first kappa shape index (κ1) is 27.6. The number of carbonyl (C=O) groups excluding carboxylic acids is 1. The number of pyridine rings is 1. The summed E-state index contributed by atoms with van der Waals surface area (Å²) < 4.78 is 59.8. The van der Waals surface area contributed by atoms with E-state index >= 15 is 0 Å². The van der Waals surface area contributed by atoms with Gasteiger partial charge in [0, 0.05) is 37.9 Å². The summed E-state index contributed by atoms with van der Waals surface area (Å²) in [6.45, 7) is 5.48. The molecule has 0 aliphatic carbocycles. The van der Waals surface area contributed by atoms with Crippen LogP contribution in [-0.4, -0.2) is 97.1 Å². The predicted molar refractivity (Wildman–Crippen MR) is 130 cm³/mol. The SMILES string of the molecule is C[C@@H]1CNCCN1c1ncc(OC(=O)C(F)(F)F)nc1OCCOc1cccnc1OC[C@@H]1CCCN1C. The smallest absolute Gasteiger partial charge is 0.484 e. The van der Waals surface area contributed by atoms with Crippen LogP contribution in [-0.2, 0) is 4.79 Å². The Labute approximate surface area is 218 Å². The molecule has 1 N–H and O–H groups in total. The summed E-state index contributed by atoms with van der Waals surface area (Å²) in [5.74, 6) is -1.94. The molecule has 0 amide bonds. The lowest BCUT2D eigenvalue weighted by molar-refractivity contribution is -0.190. The molecule has 14 heteroatoms. The number of hydrogen-bond acceptors (Lipinski definition) is 11. The maximum Gasteiger partial charge on any atom is 0.491 e. The molecule has 2 saturated heterocycles. The van der Waals surface area contributed by atoms with Crippen molar-refractivity contribution in [3.05, 3.63) is 24.5 Å². The highest BCUT2D eigenvalue weighted by Gasteiger charge is 2.42. The molecule has 0 radical (unpaired) electrons. The van der Waals surface area contributed by atoms with Crippen LogP contribution in [0.5, 0.6) is 23.4 Å². The van der Waals surface area contributed by atoms with Gasteiger partial charge in [-0.15, -0.1) is 0 Å². The van der Waals surface area contributed by atoms with Crippen molar-refractivity contribution in [2.45, 2.75) is 38.0 Å². The van der Waals surface area contributed by atoms with E-state index in [0.717, 1.165) is 25.6 Å². The summed E-state index contributed by atoms with van der Waals surface area (Å²) >= 11 is 0. The van der Waals surface area contributed by atoms with E-state index in [1.165, 1.54) is 0 Å². The van der Waals surface area contributed by atoms with Crippen molar-refractivity contribution in [1.29, 1.82) is 0 Å². The highest BCUT2D eigenvalue weighted by Crippen LogP contribution is 2.30. The minimum Gasteiger partial charge on any atom is -0.484 e. The molecule has 11 nitrogen and oxygen atoms in total. The van der Waals surface area contributed by atoms with Gasteiger partial charge in [0.05, 0.1) is 6.20 Å². The number of hydrogen-bond donors (Lipinski definition) is 1. The van der Waals surface area contributed by atoms with Crippen LogP contribution in [0.3, 0.4) is 0 Å². The predicted octanol–water partition coefficient (Wildman–Crippen LogP) is 2.07. The molecule has 2 aliphatic heterocycles. The van der Waals surface area contributed by atoms with E-state index in [1.807, 2.05) is 11.8 Å². The largest absolute Gasteiger partial charge is 0.491 e. The van der Waals surface area contributed by atoms with Crippen LogP contribution in [0.2, 0.25) is 0 Å². The highest BCUT2D eigenvalue weighted by molar-refractivity contribution is 5.77. The second kappa shape index (κ2) is 12.4. The third-order valence-corrected chi connectivity index (χ3v) is 6.30. The van der Waals surface area contributed by atoms with Gasteiger partial charge in [-0.05, 0) is 45.5 Å². The Kier molecular flexibility index (Phi) is 9.05. The van der Waals surface area contributed by atoms with Crippen molar-refractivity contribution < 1.29 is 36.9 Å². The van der Waals surface area contributed by atoms with Gasteiger partial charge in [0.2, 0.25) is 5.88 Å².